The van der Waals surface area contributed by atoms with E-state index >= 15 is 0 Å². The van der Waals surface area contributed by atoms with Crippen LogP contribution in [-0.2, 0) is 0 Å². The number of nitrogens with zero attached hydrogens (tertiary/aromatic N) is 2. The Morgan fingerprint density at radius 3 is 2.78 bits per heavy atom. The summed E-state index contributed by atoms with van der Waals surface area (Å²) < 4.78 is 27.1. The monoisotopic (exact) mass is 320 g/mol. The first-order valence-corrected chi connectivity index (χ1v) is 7.54. The van der Waals surface area contributed by atoms with Gasteiger partial charge >= 0.3 is 0 Å². The highest BCUT2D eigenvalue weighted by Crippen LogP contribution is 2.40. The molecule has 23 heavy (non-hydrogen) atoms. The van der Waals surface area contributed by atoms with E-state index in [0.717, 1.165) is 24.6 Å². The lowest BCUT2D eigenvalue weighted by atomic mass is 10.2. The van der Waals surface area contributed by atoms with E-state index in [2.05, 4.69) is 20.6 Å². The van der Waals surface area contributed by atoms with Gasteiger partial charge in [0.15, 0.2) is 11.6 Å². The minimum atomic E-state index is -0.947. The second-order valence-electron chi connectivity index (χ2n) is 5.73. The molecule has 1 aliphatic carbocycles. The van der Waals surface area contributed by atoms with Gasteiger partial charge in [-0.25, -0.2) is 13.8 Å². The number of hydrogen-bond donors (Lipinski definition) is 3. The molecule has 1 aromatic heterocycles. The normalized spacial score (nSPS) is 15.3. The van der Waals surface area contributed by atoms with Gasteiger partial charge in [0.2, 0.25) is 5.95 Å². The Bertz CT molecular complexity index is 706. The summed E-state index contributed by atoms with van der Waals surface area (Å²) in [5.74, 6) is -0.744. The molecule has 1 saturated carbocycles. The molecule has 1 fully saturated rings. The van der Waals surface area contributed by atoms with E-state index in [1.165, 1.54) is 12.1 Å². The molecule has 0 aliphatic heterocycles. The van der Waals surface area contributed by atoms with Crippen molar-refractivity contribution < 1.29 is 13.9 Å². The summed E-state index contributed by atoms with van der Waals surface area (Å²) in [4.78, 5) is 8.69. The van der Waals surface area contributed by atoms with E-state index in [1.807, 2.05) is 0 Å². The van der Waals surface area contributed by atoms with E-state index in [1.54, 1.807) is 13.0 Å². The molecule has 122 valence electrons. The number of hydrogen-bond acceptors (Lipinski definition) is 5. The highest BCUT2D eigenvalue weighted by atomic mass is 19.2. The zero-order chi connectivity index (χ0) is 16.4. The van der Waals surface area contributed by atoms with Crippen LogP contribution in [-0.4, -0.2) is 27.7 Å². The SMILES string of the molecule is C[C@@H](CO)Nc1nc(Nc2cccc(F)c2F)cc(C2CC2)n1. The molecule has 1 aliphatic rings. The molecule has 1 aromatic carbocycles. The van der Waals surface area contributed by atoms with Crippen molar-refractivity contribution in [3.05, 3.63) is 41.6 Å². The lowest BCUT2D eigenvalue weighted by molar-refractivity contribution is 0.281. The standard InChI is InChI=1S/C16H18F2N4O/c1-9(8-23)19-16-21-13(10-5-6-10)7-14(22-16)20-12-4-2-3-11(17)15(12)18/h2-4,7,9-10,23H,5-6,8H2,1H3,(H2,19,20,21,22)/t9-/m0/s1. The maximum absolute atomic E-state index is 13.8. The van der Waals surface area contributed by atoms with Crippen LogP contribution in [0.5, 0.6) is 0 Å². The van der Waals surface area contributed by atoms with Gasteiger partial charge in [-0.1, -0.05) is 6.07 Å². The molecule has 3 N–H and O–H groups in total. The fourth-order valence-electron chi connectivity index (χ4n) is 2.19. The van der Waals surface area contributed by atoms with Gasteiger partial charge in [-0.15, -0.1) is 0 Å². The molecule has 7 heteroatoms. The van der Waals surface area contributed by atoms with Crippen molar-refractivity contribution >= 4 is 17.5 Å². The van der Waals surface area contributed by atoms with Crippen LogP contribution in [0, 0.1) is 11.6 Å². The van der Waals surface area contributed by atoms with Gasteiger partial charge < -0.3 is 15.7 Å². The quantitative estimate of drug-likeness (QED) is 0.763. The highest BCUT2D eigenvalue weighted by molar-refractivity contribution is 5.58. The van der Waals surface area contributed by atoms with Crippen molar-refractivity contribution in [2.45, 2.75) is 31.7 Å². The molecule has 1 atom stereocenters. The molecule has 0 radical (unpaired) electrons. The Balaban J connectivity index is 1.89. The minimum Gasteiger partial charge on any atom is -0.394 e. The number of benzene rings is 1. The summed E-state index contributed by atoms with van der Waals surface area (Å²) >= 11 is 0. The van der Waals surface area contributed by atoms with Crippen LogP contribution in [0.2, 0.25) is 0 Å². The number of aliphatic hydroxyl groups excluding tert-OH is 1. The molecule has 0 amide bonds. The maximum Gasteiger partial charge on any atom is 0.225 e. The summed E-state index contributed by atoms with van der Waals surface area (Å²) in [6.07, 6.45) is 2.11. The first-order chi connectivity index (χ1) is 11.1. The van der Waals surface area contributed by atoms with Crippen molar-refractivity contribution in [1.82, 2.24) is 9.97 Å². The van der Waals surface area contributed by atoms with Gasteiger partial charge in [-0.2, -0.15) is 4.98 Å². The van der Waals surface area contributed by atoms with E-state index in [-0.39, 0.29) is 18.3 Å². The molecule has 0 unspecified atom stereocenters. The Labute approximate surface area is 132 Å². The Hall–Kier alpha value is -2.28. The lowest BCUT2D eigenvalue weighted by Crippen LogP contribution is -2.21. The van der Waals surface area contributed by atoms with E-state index in [9.17, 15) is 8.78 Å². The molecule has 5 nitrogen and oxygen atoms in total. The third-order valence-corrected chi connectivity index (χ3v) is 3.61. The fourth-order valence-corrected chi connectivity index (χ4v) is 2.19. The van der Waals surface area contributed by atoms with Crippen molar-refractivity contribution in [3.8, 4) is 0 Å². The van der Waals surface area contributed by atoms with E-state index in [4.69, 9.17) is 5.11 Å². The minimum absolute atomic E-state index is 0.0200. The van der Waals surface area contributed by atoms with Gasteiger partial charge in [0.05, 0.1) is 18.0 Å². The third-order valence-electron chi connectivity index (χ3n) is 3.61. The highest BCUT2D eigenvalue weighted by Gasteiger charge is 2.26. The van der Waals surface area contributed by atoms with Gasteiger partial charge in [-0.3, -0.25) is 0 Å². The summed E-state index contributed by atoms with van der Waals surface area (Å²) in [5.41, 5.74) is 0.874. The summed E-state index contributed by atoms with van der Waals surface area (Å²) in [5, 5.41) is 14.9. The van der Waals surface area contributed by atoms with Gasteiger partial charge in [0.1, 0.15) is 5.82 Å². The van der Waals surface area contributed by atoms with Crippen molar-refractivity contribution in [1.29, 1.82) is 0 Å². The largest absolute Gasteiger partial charge is 0.394 e. The molecule has 3 rings (SSSR count). The zero-order valence-corrected chi connectivity index (χ0v) is 12.7. The van der Waals surface area contributed by atoms with Crippen molar-refractivity contribution in [2.24, 2.45) is 0 Å². The van der Waals surface area contributed by atoms with Crippen LogP contribution in [0.1, 0.15) is 31.4 Å². The molecule has 2 aromatic rings. The lowest BCUT2D eigenvalue weighted by Gasteiger charge is -2.14. The van der Waals surface area contributed by atoms with Crippen LogP contribution < -0.4 is 10.6 Å². The average Bonchev–Trinajstić information content (AvgIpc) is 3.36. The van der Waals surface area contributed by atoms with E-state index in [0.29, 0.717) is 17.7 Å². The van der Waals surface area contributed by atoms with Gasteiger partial charge in [0.25, 0.3) is 0 Å². The number of aliphatic hydroxyl groups is 1. The molecular weight excluding hydrogens is 302 g/mol. The second kappa shape index (κ2) is 6.45. The molecule has 0 spiro atoms. The van der Waals surface area contributed by atoms with Crippen LogP contribution in [0.15, 0.2) is 24.3 Å². The number of aromatic nitrogens is 2. The van der Waals surface area contributed by atoms with Crippen LogP contribution in [0.4, 0.5) is 26.2 Å². The second-order valence-corrected chi connectivity index (χ2v) is 5.73. The summed E-state index contributed by atoms with van der Waals surface area (Å²) in [6.45, 7) is 1.74. The molecule has 0 saturated heterocycles. The Morgan fingerprint density at radius 1 is 1.30 bits per heavy atom. The third kappa shape index (κ3) is 3.73. The average molecular weight is 320 g/mol. The number of rotatable bonds is 6. The van der Waals surface area contributed by atoms with E-state index < -0.39 is 11.6 Å². The molecule has 1 heterocycles. The fraction of sp³-hybridized carbons (Fsp3) is 0.375. The first kappa shape index (κ1) is 15.6. The smallest absolute Gasteiger partial charge is 0.225 e. The topological polar surface area (TPSA) is 70.1 Å². The zero-order valence-electron chi connectivity index (χ0n) is 12.7. The summed E-state index contributed by atoms with van der Waals surface area (Å²) in [7, 11) is 0. The number of halogens is 2. The number of anilines is 3. The molecule has 0 bridgehead atoms. The van der Waals surface area contributed by atoms with Gasteiger partial charge in [-0.05, 0) is 31.9 Å². The van der Waals surface area contributed by atoms with Crippen LogP contribution in [0.25, 0.3) is 0 Å². The van der Waals surface area contributed by atoms with Crippen LogP contribution >= 0.6 is 0 Å². The maximum atomic E-state index is 13.8. The Kier molecular flexibility index (Phi) is 4.38. The van der Waals surface area contributed by atoms with Gasteiger partial charge in [0, 0.05) is 18.0 Å². The predicted octanol–water partition coefficient (Wildman–Crippen LogP) is 3.17. The predicted molar refractivity (Wildman–Crippen MR) is 83.8 cm³/mol. The number of nitrogens with one attached hydrogen (secondary N) is 2. The van der Waals surface area contributed by atoms with Crippen molar-refractivity contribution in [3.63, 3.8) is 0 Å². The first-order valence-electron chi connectivity index (χ1n) is 7.54. The Morgan fingerprint density at radius 2 is 2.09 bits per heavy atom. The molecular formula is C16H18F2N4O. The van der Waals surface area contributed by atoms with Crippen LogP contribution in [0.3, 0.4) is 0 Å². The summed E-state index contributed by atoms with van der Waals surface area (Å²) in [6, 6.07) is 5.48. The van der Waals surface area contributed by atoms with Crippen molar-refractivity contribution in [2.75, 3.05) is 17.2 Å².